The molecule has 0 radical (unpaired) electrons. The van der Waals surface area contributed by atoms with Gasteiger partial charge in [-0.2, -0.15) is 0 Å². The molecule has 4 rings (SSSR count). The molecule has 0 N–H and O–H groups in total. The summed E-state index contributed by atoms with van der Waals surface area (Å²) in [5, 5.41) is 0.630. The molecule has 0 saturated carbocycles. The Morgan fingerprint density at radius 1 is 1.14 bits per heavy atom. The standard InChI is InChI=1S/C21H14FNO5S/c1-26-16-7-6-12(22)10-13(16)15(24)11-27-21(25)18-9-8-17(28-18)20-23-14-4-2-3-5-19(14)29-20/h2-10H,11H2,1H3. The summed E-state index contributed by atoms with van der Waals surface area (Å²) >= 11 is 1.44. The van der Waals surface area contributed by atoms with E-state index in [-0.39, 0.29) is 17.1 Å². The minimum atomic E-state index is -0.805. The summed E-state index contributed by atoms with van der Waals surface area (Å²) in [5.74, 6) is -1.42. The molecular weight excluding hydrogens is 397 g/mol. The van der Waals surface area contributed by atoms with Crippen molar-refractivity contribution >= 4 is 33.3 Å². The Kier molecular flexibility index (Phi) is 5.09. The van der Waals surface area contributed by atoms with Gasteiger partial charge in [0.1, 0.15) is 11.6 Å². The maximum atomic E-state index is 13.4. The number of para-hydroxylation sites is 1. The number of hydrogen-bond acceptors (Lipinski definition) is 7. The molecule has 0 saturated heterocycles. The molecule has 2 aromatic heterocycles. The molecule has 2 aromatic carbocycles. The van der Waals surface area contributed by atoms with E-state index in [2.05, 4.69) is 4.98 Å². The van der Waals surface area contributed by atoms with Gasteiger partial charge in [-0.15, -0.1) is 11.3 Å². The van der Waals surface area contributed by atoms with E-state index in [0.717, 1.165) is 16.3 Å². The van der Waals surface area contributed by atoms with E-state index < -0.39 is 24.2 Å². The highest BCUT2D eigenvalue weighted by atomic mass is 32.1. The number of halogens is 1. The maximum Gasteiger partial charge on any atom is 0.374 e. The fourth-order valence-corrected chi connectivity index (χ4v) is 3.65. The number of ketones is 1. The second kappa shape index (κ2) is 7.84. The van der Waals surface area contributed by atoms with Gasteiger partial charge in [0.2, 0.25) is 11.5 Å². The number of carbonyl (C=O) groups excluding carboxylic acids is 2. The number of methoxy groups -OCH3 is 1. The zero-order valence-corrected chi connectivity index (χ0v) is 16.0. The Morgan fingerprint density at radius 3 is 2.76 bits per heavy atom. The van der Waals surface area contributed by atoms with Crippen LogP contribution in [0, 0.1) is 5.82 Å². The van der Waals surface area contributed by atoms with Crippen molar-refractivity contribution in [3.63, 3.8) is 0 Å². The SMILES string of the molecule is COc1ccc(F)cc1C(=O)COC(=O)c1ccc(-c2nc3ccccc3s2)o1. The monoisotopic (exact) mass is 411 g/mol. The minimum absolute atomic E-state index is 0.00471. The normalized spacial score (nSPS) is 10.8. The molecule has 0 aliphatic carbocycles. The molecule has 0 aliphatic heterocycles. The molecule has 2 heterocycles. The third-order valence-electron chi connectivity index (χ3n) is 4.11. The first-order valence-corrected chi connectivity index (χ1v) is 9.36. The number of aromatic nitrogens is 1. The molecule has 0 bridgehead atoms. The van der Waals surface area contributed by atoms with Gasteiger partial charge >= 0.3 is 5.97 Å². The van der Waals surface area contributed by atoms with Crippen molar-refractivity contribution in [2.45, 2.75) is 0 Å². The Bertz CT molecular complexity index is 1180. The Morgan fingerprint density at radius 2 is 1.97 bits per heavy atom. The van der Waals surface area contributed by atoms with Gasteiger partial charge in [-0.1, -0.05) is 12.1 Å². The molecular formula is C21H14FNO5S. The molecule has 6 nitrogen and oxygen atoms in total. The quantitative estimate of drug-likeness (QED) is 0.337. The molecule has 0 spiro atoms. The molecule has 8 heteroatoms. The molecule has 0 aliphatic rings. The van der Waals surface area contributed by atoms with Crippen LogP contribution in [-0.2, 0) is 4.74 Å². The van der Waals surface area contributed by atoms with Gasteiger partial charge in [-0.25, -0.2) is 14.2 Å². The second-order valence-electron chi connectivity index (χ2n) is 5.99. The Hall–Kier alpha value is -3.52. The largest absolute Gasteiger partial charge is 0.496 e. The van der Waals surface area contributed by atoms with Crippen molar-refractivity contribution < 1.29 is 27.9 Å². The van der Waals surface area contributed by atoms with E-state index >= 15 is 0 Å². The lowest BCUT2D eigenvalue weighted by Crippen LogP contribution is -2.15. The van der Waals surface area contributed by atoms with E-state index in [9.17, 15) is 14.0 Å². The van der Waals surface area contributed by atoms with Crippen LogP contribution in [0.15, 0.2) is 59.0 Å². The lowest BCUT2D eigenvalue weighted by Gasteiger charge is -2.07. The number of fused-ring (bicyclic) bond motifs is 1. The van der Waals surface area contributed by atoms with Crippen molar-refractivity contribution in [1.82, 2.24) is 4.98 Å². The number of benzene rings is 2. The van der Waals surface area contributed by atoms with Crippen molar-refractivity contribution in [3.05, 3.63) is 71.7 Å². The molecule has 146 valence electrons. The highest BCUT2D eigenvalue weighted by Crippen LogP contribution is 2.31. The van der Waals surface area contributed by atoms with E-state index in [1.54, 1.807) is 6.07 Å². The summed E-state index contributed by atoms with van der Waals surface area (Å²) < 4.78 is 30.0. The van der Waals surface area contributed by atoms with Crippen molar-refractivity contribution in [1.29, 1.82) is 0 Å². The van der Waals surface area contributed by atoms with Gasteiger partial charge < -0.3 is 13.9 Å². The summed E-state index contributed by atoms with van der Waals surface area (Å²) in [6, 6.07) is 14.3. The molecule has 0 atom stereocenters. The van der Waals surface area contributed by atoms with Crippen LogP contribution in [0.25, 0.3) is 21.0 Å². The van der Waals surface area contributed by atoms with Gasteiger partial charge in [-0.3, -0.25) is 4.79 Å². The zero-order chi connectivity index (χ0) is 20.4. The predicted molar refractivity (Wildman–Crippen MR) is 105 cm³/mol. The lowest BCUT2D eigenvalue weighted by molar-refractivity contribution is 0.0444. The number of hydrogen-bond donors (Lipinski definition) is 0. The van der Waals surface area contributed by atoms with Crippen LogP contribution in [0.4, 0.5) is 4.39 Å². The summed E-state index contributed by atoms with van der Waals surface area (Å²) in [7, 11) is 1.36. The number of ether oxygens (including phenoxy) is 2. The Balaban J connectivity index is 1.46. The van der Waals surface area contributed by atoms with Crippen molar-refractivity contribution in [2.24, 2.45) is 0 Å². The number of thiazole rings is 1. The van der Waals surface area contributed by atoms with E-state index in [1.807, 2.05) is 24.3 Å². The first-order chi connectivity index (χ1) is 14.0. The first-order valence-electron chi connectivity index (χ1n) is 8.55. The zero-order valence-electron chi connectivity index (χ0n) is 15.2. The number of esters is 1. The van der Waals surface area contributed by atoms with E-state index in [0.29, 0.717) is 10.8 Å². The van der Waals surface area contributed by atoms with E-state index in [4.69, 9.17) is 13.9 Å². The predicted octanol–water partition coefficient (Wildman–Crippen LogP) is 4.74. The fraction of sp³-hybridized carbons (Fsp3) is 0.0952. The highest BCUT2D eigenvalue weighted by Gasteiger charge is 2.19. The average Bonchev–Trinajstić information content (AvgIpc) is 3.38. The van der Waals surface area contributed by atoms with Crippen LogP contribution in [0.1, 0.15) is 20.9 Å². The average molecular weight is 411 g/mol. The van der Waals surface area contributed by atoms with Gasteiger partial charge in [0.05, 0.1) is 22.9 Å². The number of furan rings is 1. The van der Waals surface area contributed by atoms with Gasteiger partial charge in [0.25, 0.3) is 0 Å². The van der Waals surface area contributed by atoms with Crippen molar-refractivity contribution in [2.75, 3.05) is 13.7 Å². The Labute approximate surface area is 168 Å². The van der Waals surface area contributed by atoms with Gasteiger partial charge in [0.15, 0.2) is 17.4 Å². The molecule has 0 fully saturated rings. The summed E-state index contributed by atoms with van der Waals surface area (Å²) in [6.07, 6.45) is 0. The molecule has 0 unspecified atom stereocenters. The third-order valence-corrected chi connectivity index (χ3v) is 5.16. The number of carbonyl (C=O) groups is 2. The van der Waals surface area contributed by atoms with Crippen LogP contribution < -0.4 is 4.74 Å². The number of rotatable bonds is 6. The van der Waals surface area contributed by atoms with Crippen LogP contribution >= 0.6 is 11.3 Å². The minimum Gasteiger partial charge on any atom is -0.496 e. The fourth-order valence-electron chi connectivity index (χ4n) is 2.72. The second-order valence-corrected chi connectivity index (χ2v) is 7.03. The van der Waals surface area contributed by atoms with Crippen LogP contribution in [0.3, 0.4) is 0 Å². The molecule has 4 aromatic rings. The highest BCUT2D eigenvalue weighted by molar-refractivity contribution is 7.21. The number of Topliss-reactive ketones (excluding diaryl/α,β-unsaturated/α-hetero) is 1. The van der Waals surface area contributed by atoms with Crippen LogP contribution in [0.2, 0.25) is 0 Å². The van der Waals surface area contributed by atoms with Crippen molar-refractivity contribution in [3.8, 4) is 16.5 Å². The van der Waals surface area contributed by atoms with E-state index in [1.165, 1.54) is 36.6 Å². The third kappa shape index (κ3) is 3.88. The first kappa shape index (κ1) is 18.8. The summed E-state index contributed by atoms with van der Waals surface area (Å²) in [4.78, 5) is 29.0. The van der Waals surface area contributed by atoms with Crippen LogP contribution in [0.5, 0.6) is 5.75 Å². The van der Waals surface area contributed by atoms with Gasteiger partial charge in [-0.05, 0) is 42.5 Å². The molecule has 29 heavy (non-hydrogen) atoms. The van der Waals surface area contributed by atoms with Crippen LogP contribution in [-0.4, -0.2) is 30.5 Å². The topological polar surface area (TPSA) is 78.6 Å². The summed E-state index contributed by atoms with van der Waals surface area (Å²) in [5.41, 5.74) is 0.831. The molecule has 0 amide bonds. The maximum absolute atomic E-state index is 13.4. The smallest absolute Gasteiger partial charge is 0.374 e. The lowest BCUT2D eigenvalue weighted by atomic mass is 10.1. The number of nitrogens with zero attached hydrogens (tertiary/aromatic N) is 1. The van der Waals surface area contributed by atoms with Gasteiger partial charge in [0, 0.05) is 0 Å². The summed E-state index contributed by atoms with van der Waals surface area (Å²) in [6.45, 7) is -0.574.